The number of fused-ring (bicyclic) bond motifs is 1. The lowest BCUT2D eigenvalue weighted by Crippen LogP contribution is -2.14. The summed E-state index contributed by atoms with van der Waals surface area (Å²) in [6.45, 7) is 7.68. The second-order valence-electron chi connectivity index (χ2n) is 6.09. The molecule has 3 aromatic heterocycles. The predicted molar refractivity (Wildman–Crippen MR) is 110 cm³/mol. The number of hydrogen-bond donors (Lipinski definition) is 2. The van der Waals surface area contributed by atoms with E-state index in [-0.39, 0.29) is 0 Å². The van der Waals surface area contributed by atoms with Gasteiger partial charge in [0.1, 0.15) is 23.4 Å². The average molecular weight is 356 g/mol. The van der Waals surface area contributed by atoms with Crippen molar-refractivity contribution in [1.82, 2.24) is 15.0 Å². The number of aliphatic imine (C=N–C) groups is 1. The number of anilines is 1. The second-order valence-corrected chi connectivity index (χ2v) is 6.09. The summed E-state index contributed by atoms with van der Waals surface area (Å²) in [6.07, 6.45) is 7.02. The van der Waals surface area contributed by atoms with Gasteiger partial charge in [-0.25, -0.2) is 4.98 Å². The summed E-state index contributed by atoms with van der Waals surface area (Å²) in [6, 6.07) is 8.04. The highest BCUT2D eigenvalue weighted by molar-refractivity contribution is 6.08. The molecule has 0 aliphatic heterocycles. The lowest BCUT2D eigenvalue weighted by atomic mass is 10.0. The maximum Gasteiger partial charge on any atom is 0.141 e. The van der Waals surface area contributed by atoms with Crippen LogP contribution < -0.4 is 5.32 Å². The van der Waals surface area contributed by atoms with Crippen LogP contribution in [0.2, 0.25) is 0 Å². The third kappa shape index (κ3) is 3.62. The van der Waals surface area contributed by atoms with Gasteiger partial charge >= 0.3 is 0 Å². The Labute approximate surface area is 158 Å². The molecule has 6 heteroatoms. The zero-order valence-corrected chi connectivity index (χ0v) is 15.5. The summed E-state index contributed by atoms with van der Waals surface area (Å²) in [7, 11) is 1.72. The fourth-order valence-corrected chi connectivity index (χ4v) is 2.88. The summed E-state index contributed by atoms with van der Waals surface area (Å²) in [4.78, 5) is 16.5. The smallest absolute Gasteiger partial charge is 0.141 e. The summed E-state index contributed by atoms with van der Waals surface area (Å²) in [5.41, 5.74) is 4.81. The minimum Gasteiger partial charge on any atom is -0.345 e. The van der Waals surface area contributed by atoms with Gasteiger partial charge in [-0.1, -0.05) is 18.7 Å². The number of nitriles is 1. The molecular weight excluding hydrogens is 336 g/mol. The molecule has 0 unspecified atom stereocenters. The van der Waals surface area contributed by atoms with E-state index in [1.807, 2.05) is 38.1 Å². The van der Waals surface area contributed by atoms with Crippen LogP contribution in [0.3, 0.4) is 0 Å². The molecule has 0 spiro atoms. The van der Waals surface area contributed by atoms with E-state index >= 15 is 0 Å². The third-order valence-electron chi connectivity index (χ3n) is 4.17. The van der Waals surface area contributed by atoms with E-state index in [4.69, 9.17) is 0 Å². The Morgan fingerprint density at radius 2 is 2.22 bits per heavy atom. The number of aromatic nitrogens is 3. The molecule has 0 fully saturated rings. The van der Waals surface area contributed by atoms with Crippen molar-refractivity contribution in [3.63, 3.8) is 0 Å². The predicted octanol–water partition coefficient (Wildman–Crippen LogP) is 4.38. The topological polar surface area (TPSA) is 89.8 Å². The lowest BCUT2D eigenvalue weighted by Gasteiger charge is -2.12. The first-order valence-electron chi connectivity index (χ1n) is 8.46. The first kappa shape index (κ1) is 18.1. The first-order valence-corrected chi connectivity index (χ1v) is 8.46. The molecule has 134 valence electrons. The van der Waals surface area contributed by atoms with Crippen LogP contribution in [0, 0.1) is 18.3 Å². The Morgan fingerprint density at radius 1 is 1.41 bits per heavy atom. The lowest BCUT2D eigenvalue weighted by molar-refractivity contribution is 1.27. The van der Waals surface area contributed by atoms with Gasteiger partial charge in [0, 0.05) is 30.4 Å². The molecule has 2 N–H and O–H groups in total. The van der Waals surface area contributed by atoms with Gasteiger partial charge in [-0.2, -0.15) is 5.26 Å². The van der Waals surface area contributed by atoms with Crippen molar-refractivity contribution in [2.24, 2.45) is 4.99 Å². The number of nitrogens with zero attached hydrogens (tertiary/aromatic N) is 4. The van der Waals surface area contributed by atoms with Crippen molar-refractivity contribution in [3.8, 4) is 17.3 Å². The molecule has 3 heterocycles. The van der Waals surface area contributed by atoms with Gasteiger partial charge < -0.3 is 10.3 Å². The highest BCUT2D eigenvalue weighted by atomic mass is 15.1. The number of hydrogen-bond acceptors (Lipinski definition) is 4. The molecule has 0 aliphatic rings. The van der Waals surface area contributed by atoms with Gasteiger partial charge in [0.2, 0.25) is 0 Å². The summed E-state index contributed by atoms with van der Waals surface area (Å²) < 4.78 is 0. The number of allylic oxidation sites excluding steroid dienone is 2. The summed E-state index contributed by atoms with van der Waals surface area (Å²) in [5, 5.41) is 13.5. The van der Waals surface area contributed by atoms with Crippen molar-refractivity contribution in [2.75, 3.05) is 12.4 Å². The Balaban J connectivity index is 2.18. The van der Waals surface area contributed by atoms with Crippen LogP contribution in [0.1, 0.15) is 18.1 Å². The maximum absolute atomic E-state index is 9.47. The second kappa shape index (κ2) is 7.67. The van der Waals surface area contributed by atoms with Crippen LogP contribution in [0.25, 0.3) is 22.3 Å². The van der Waals surface area contributed by atoms with E-state index in [9.17, 15) is 5.26 Å². The molecule has 0 saturated heterocycles. The zero-order valence-electron chi connectivity index (χ0n) is 15.5. The quantitative estimate of drug-likeness (QED) is 0.412. The Hall–Kier alpha value is -3.72. The third-order valence-corrected chi connectivity index (χ3v) is 4.17. The number of H-pyrrole nitrogens is 1. The van der Waals surface area contributed by atoms with Crippen molar-refractivity contribution >= 4 is 22.7 Å². The highest BCUT2D eigenvalue weighted by Crippen LogP contribution is 2.31. The zero-order chi connectivity index (χ0) is 19.4. The van der Waals surface area contributed by atoms with Crippen molar-refractivity contribution in [1.29, 1.82) is 5.26 Å². The van der Waals surface area contributed by atoms with Gasteiger partial charge in [0.05, 0.1) is 11.3 Å². The molecule has 3 rings (SSSR count). The molecule has 0 saturated carbocycles. The first-order chi connectivity index (χ1) is 13.1. The molecule has 3 aromatic rings. The van der Waals surface area contributed by atoms with Crippen LogP contribution in [-0.2, 0) is 0 Å². The largest absolute Gasteiger partial charge is 0.345 e. The number of amidine groups is 1. The number of aryl methyl sites for hydroxylation is 1. The van der Waals surface area contributed by atoms with E-state index < -0.39 is 0 Å². The van der Waals surface area contributed by atoms with Gasteiger partial charge in [0.15, 0.2) is 0 Å². The molecule has 0 atom stereocenters. The molecule has 0 radical (unpaired) electrons. The van der Waals surface area contributed by atoms with E-state index in [1.54, 1.807) is 25.5 Å². The van der Waals surface area contributed by atoms with Crippen LogP contribution in [-0.4, -0.2) is 27.8 Å². The van der Waals surface area contributed by atoms with E-state index in [2.05, 4.69) is 37.9 Å². The van der Waals surface area contributed by atoms with Crippen LogP contribution in [0.4, 0.5) is 5.82 Å². The normalized spacial score (nSPS) is 12.1. The van der Waals surface area contributed by atoms with Crippen molar-refractivity contribution in [2.45, 2.75) is 13.8 Å². The van der Waals surface area contributed by atoms with Crippen molar-refractivity contribution < 1.29 is 0 Å². The molecule has 0 aliphatic carbocycles. The fourth-order valence-electron chi connectivity index (χ4n) is 2.88. The fraction of sp³-hybridized carbons (Fsp3) is 0.143. The van der Waals surface area contributed by atoms with Crippen LogP contribution in [0.5, 0.6) is 0 Å². The number of nitrogens with one attached hydrogen (secondary N) is 2. The van der Waals surface area contributed by atoms with E-state index in [0.717, 1.165) is 27.8 Å². The standard InChI is InChI=1S/C21H20N6/c1-5-6-14(3)20(23-4)26-18-10-16(17-9-13(2)7-8-24-17)19-15(11-22)12-25-21(19)27-18/h5-10,12H,1H2,2-4H3,(H2,23,25,26,27). The van der Waals surface area contributed by atoms with Gasteiger partial charge in [-0.15, -0.1) is 0 Å². The van der Waals surface area contributed by atoms with Gasteiger partial charge in [0.25, 0.3) is 0 Å². The van der Waals surface area contributed by atoms with Crippen molar-refractivity contribution in [3.05, 3.63) is 66.0 Å². The summed E-state index contributed by atoms with van der Waals surface area (Å²) >= 11 is 0. The van der Waals surface area contributed by atoms with E-state index in [0.29, 0.717) is 22.9 Å². The van der Waals surface area contributed by atoms with E-state index in [1.165, 1.54) is 0 Å². The Kier molecular flexibility index (Phi) is 5.13. The Morgan fingerprint density at radius 3 is 2.89 bits per heavy atom. The number of rotatable bonds is 4. The number of aromatic amines is 1. The maximum atomic E-state index is 9.47. The highest BCUT2D eigenvalue weighted by Gasteiger charge is 2.15. The minimum atomic E-state index is 0.537. The molecule has 27 heavy (non-hydrogen) atoms. The molecule has 0 aromatic carbocycles. The van der Waals surface area contributed by atoms with Gasteiger partial charge in [-0.05, 0) is 43.2 Å². The van der Waals surface area contributed by atoms with Crippen LogP contribution in [0.15, 0.2) is 59.9 Å². The summed E-state index contributed by atoms with van der Waals surface area (Å²) in [5.74, 6) is 1.31. The molecule has 0 amide bonds. The minimum absolute atomic E-state index is 0.537. The van der Waals surface area contributed by atoms with Crippen LogP contribution >= 0.6 is 0 Å². The molecule has 0 bridgehead atoms. The molecular formula is C21H20N6. The van der Waals surface area contributed by atoms with Gasteiger partial charge in [-0.3, -0.25) is 9.98 Å². The SMILES string of the molecule is C=CC=C(C)C(=NC)Nc1cc(-c2cc(C)ccn2)c2c(C#N)c[nH]c2n1. The molecule has 6 nitrogen and oxygen atoms in total. The average Bonchev–Trinajstić information content (AvgIpc) is 3.08. The monoisotopic (exact) mass is 356 g/mol. The Bertz CT molecular complexity index is 1110. The number of pyridine rings is 2.